The number of methoxy groups -OCH3 is 1. The van der Waals surface area contributed by atoms with Crippen molar-refractivity contribution in [1.29, 1.82) is 0 Å². The number of rotatable bonds is 8. The zero-order chi connectivity index (χ0) is 32.6. The summed E-state index contributed by atoms with van der Waals surface area (Å²) in [4.78, 5) is 39.9. The molecule has 3 N–H and O–H groups in total. The van der Waals surface area contributed by atoms with Crippen molar-refractivity contribution in [2.24, 2.45) is 5.73 Å². The zero-order valence-corrected chi connectivity index (χ0v) is 26.9. The van der Waals surface area contributed by atoms with Crippen LogP contribution < -0.4 is 20.9 Å². The molecule has 0 radical (unpaired) electrons. The summed E-state index contributed by atoms with van der Waals surface area (Å²) in [6, 6.07) is 10.7. The molecule has 6 rings (SSSR count). The lowest BCUT2D eigenvalue weighted by molar-refractivity contribution is 0.1000. The summed E-state index contributed by atoms with van der Waals surface area (Å²) in [6.45, 7) is 7.48. The van der Waals surface area contributed by atoms with Gasteiger partial charge in [0, 0.05) is 29.4 Å². The maximum Gasteiger partial charge on any atom is 0.267 e. The number of aromatic nitrogens is 7. The second-order valence-electron chi connectivity index (χ2n) is 12.2. The maximum atomic E-state index is 14.4. The van der Waals surface area contributed by atoms with E-state index in [9.17, 15) is 14.7 Å². The number of ether oxygens (including phenoxy) is 1. The van der Waals surface area contributed by atoms with Gasteiger partial charge in [0.25, 0.3) is 5.56 Å². The number of benzene rings is 1. The number of carbonyl (C=O) groups excluding carboxylic acids is 1. The van der Waals surface area contributed by atoms with Crippen molar-refractivity contribution in [3.05, 3.63) is 80.3 Å². The molecule has 13 nitrogen and oxygen atoms in total. The van der Waals surface area contributed by atoms with Gasteiger partial charge in [0.1, 0.15) is 22.2 Å². The fourth-order valence-corrected chi connectivity index (χ4v) is 6.32. The van der Waals surface area contributed by atoms with Crippen LogP contribution >= 0.6 is 11.3 Å². The Morgan fingerprint density at radius 1 is 1.17 bits per heavy atom. The summed E-state index contributed by atoms with van der Waals surface area (Å²) in [5.74, 6) is 0.799. The molecule has 1 fully saturated rings. The molecule has 1 aliphatic heterocycles. The first-order chi connectivity index (χ1) is 22.0. The van der Waals surface area contributed by atoms with Gasteiger partial charge in [-0.3, -0.25) is 14.0 Å². The first-order valence-electron chi connectivity index (χ1n) is 14.9. The number of anilines is 1. The lowest BCUT2D eigenvalue weighted by Crippen LogP contribution is -2.40. The van der Waals surface area contributed by atoms with Gasteiger partial charge in [-0.05, 0) is 60.0 Å². The molecule has 1 aromatic carbocycles. The van der Waals surface area contributed by atoms with Gasteiger partial charge in [-0.1, -0.05) is 32.9 Å². The molecule has 1 saturated heterocycles. The van der Waals surface area contributed by atoms with Gasteiger partial charge in [0.2, 0.25) is 5.91 Å². The number of piperidine rings is 1. The number of aliphatic hydroxyl groups excluding tert-OH is 1. The van der Waals surface area contributed by atoms with Gasteiger partial charge in [-0.2, -0.15) is 4.80 Å². The molecule has 4 aromatic heterocycles. The lowest BCUT2D eigenvalue weighted by Gasteiger charge is -2.32. The first kappa shape index (κ1) is 31.0. The molecule has 1 aliphatic rings. The van der Waals surface area contributed by atoms with E-state index < -0.39 is 12.0 Å². The van der Waals surface area contributed by atoms with E-state index >= 15 is 0 Å². The third-order valence-electron chi connectivity index (χ3n) is 7.76. The number of primary amides is 1. The highest BCUT2D eigenvalue weighted by molar-refractivity contribution is 7.13. The van der Waals surface area contributed by atoms with Crippen LogP contribution in [0, 0.1) is 0 Å². The number of nitrogens with two attached hydrogens (primary N) is 1. The SMILES string of the molecule is COc1ccc(Cn2nnc(C=Cc3c(N4CCC[C@H](O)C4)nc4cc(C(N)=O)cc(-c5nc(C(C)(C)C)cs5)n4c3=O)n2)cc1. The Kier molecular flexibility index (Phi) is 8.40. The third-order valence-corrected chi connectivity index (χ3v) is 8.63. The largest absolute Gasteiger partial charge is 0.497 e. The monoisotopic (exact) mass is 641 g/mol. The molecule has 14 heteroatoms. The minimum absolute atomic E-state index is 0.208. The van der Waals surface area contributed by atoms with E-state index in [0.717, 1.165) is 23.4 Å². The number of β-amino-alcohol motifs (C(OH)–C–C–N with tert-alkyl or cyclic N) is 1. The van der Waals surface area contributed by atoms with Gasteiger partial charge >= 0.3 is 0 Å². The number of fused-ring (bicyclic) bond motifs is 1. The Bertz CT molecular complexity index is 1990. The second kappa shape index (κ2) is 12.4. The van der Waals surface area contributed by atoms with E-state index in [-0.39, 0.29) is 27.7 Å². The van der Waals surface area contributed by atoms with Gasteiger partial charge in [0.05, 0.1) is 36.7 Å². The molecule has 46 heavy (non-hydrogen) atoms. The van der Waals surface area contributed by atoms with E-state index in [1.54, 1.807) is 25.3 Å². The number of hydrogen-bond donors (Lipinski definition) is 2. The molecule has 0 bridgehead atoms. The van der Waals surface area contributed by atoms with Crippen molar-refractivity contribution in [1.82, 2.24) is 34.6 Å². The highest BCUT2D eigenvalue weighted by Crippen LogP contribution is 2.31. The second-order valence-corrected chi connectivity index (χ2v) is 13.1. The van der Waals surface area contributed by atoms with Gasteiger partial charge in [-0.25, -0.2) is 9.97 Å². The minimum atomic E-state index is -0.645. The molecular formula is C32H35N9O4S. The van der Waals surface area contributed by atoms with Crippen LogP contribution in [0.15, 0.2) is 46.6 Å². The number of hydrogen-bond acceptors (Lipinski definition) is 11. The number of carbonyl (C=O) groups is 1. The van der Waals surface area contributed by atoms with Gasteiger partial charge in [-0.15, -0.1) is 21.5 Å². The van der Waals surface area contributed by atoms with Crippen LogP contribution in [0.5, 0.6) is 5.75 Å². The molecule has 0 aliphatic carbocycles. The standard InChI is InChI=1S/C32H35N9O4S/c1-32(2,3)25-18-46-30(34-25)24-14-20(28(33)43)15-27-35-29(39-13-5-6-21(42)17-39)23(31(44)41(24)27)11-12-26-36-38-40(37-26)16-19-7-9-22(45-4)10-8-19/h7-12,14-15,18,21,42H,5-6,13,16-17H2,1-4H3,(H2,33,43)/t21-/m0/s1. The van der Waals surface area contributed by atoms with Gasteiger partial charge in [0.15, 0.2) is 5.82 Å². The number of pyridine rings is 1. The van der Waals surface area contributed by atoms with Crippen LogP contribution in [-0.4, -0.2) is 71.9 Å². The predicted molar refractivity (Wildman–Crippen MR) is 176 cm³/mol. The lowest BCUT2D eigenvalue weighted by atomic mass is 9.93. The summed E-state index contributed by atoms with van der Waals surface area (Å²) in [5, 5.41) is 25.8. The van der Waals surface area contributed by atoms with Crippen LogP contribution in [0.4, 0.5) is 5.82 Å². The summed E-state index contributed by atoms with van der Waals surface area (Å²) in [6.07, 6.45) is 4.06. The Balaban J connectivity index is 1.46. The summed E-state index contributed by atoms with van der Waals surface area (Å²) in [5.41, 5.74) is 8.09. The van der Waals surface area contributed by atoms with E-state index in [2.05, 4.69) is 36.2 Å². The smallest absolute Gasteiger partial charge is 0.267 e. The number of aliphatic hydroxyl groups is 1. The molecule has 5 aromatic rings. The predicted octanol–water partition coefficient (Wildman–Crippen LogP) is 3.39. The van der Waals surface area contributed by atoms with Gasteiger partial charge < -0.3 is 20.5 Å². The highest BCUT2D eigenvalue weighted by Gasteiger charge is 2.26. The average Bonchev–Trinajstić information content (AvgIpc) is 3.71. The van der Waals surface area contributed by atoms with Crippen molar-refractivity contribution in [2.45, 2.75) is 51.7 Å². The molecule has 0 spiro atoms. The Morgan fingerprint density at radius 3 is 2.63 bits per heavy atom. The average molecular weight is 642 g/mol. The Morgan fingerprint density at radius 2 is 1.96 bits per heavy atom. The van der Waals surface area contributed by atoms with Crippen LogP contribution in [0.25, 0.3) is 28.5 Å². The normalized spacial score (nSPS) is 15.6. The first-order valence-corrected chi connectivity index (χ1v) is 15.8. The van der Waals surface area contributed by atoms with Crippen LogP contribution in [0.3, 0.4) is 0 Å². The summed E-state index contributed by atoms with van der Waals surface area (Å²) < 4.78 is 6.68. The molecule has 238 valence electrons. The summed E-state index contributed by atoms with van der Waals surface area (Å²) in [7, 11) is 1.61. The maximum absolute atomic E-state index is 14.4. The number of nitrogens with zero attached hydrogens (tertiary/aromatic N) is 8. The van der Waals surface area contributed by atoms with Crippen molar-refractivity contribution in [3.8, 4) is 16.5 Å². The van der Waals surface area contributed by atoms with E-state index in [1.165, 1.54) is 26.6 Å². The fraction of sp³-hybridized carbons (Fsp3) is 0.344. The van der Waals surface area contributed by atoms with Crippen LogP contribution in [-0.2, 0) is 12.0 Å². The van der Waals surface area contributed by atoms with Crippen molar-refractivity contribution >= 4 is 40.9 Å². The number of tetrazole rings is 1. The fourth-order valence-electron chi connectivity index (χ4n) is 5.27. The van der Waals surface area contributed by atoms with Crippen LogP contribution in [0.2, 0.25) is 0 Å². The molecule has 0 unspecified atom stereocenters. The molecule has 5 heterocycles. The zero-order valence-electron chi connectivity index (χ0n) is 26.0. The van der Waals surface area contributed by atoms with Crippen molar-refractivity contribution in [3.63, 3.8) is 0 Å². The molecular weight excluding hydrogens is 606 g/mol. The highest BCUT2D eigenvalue weighted by atomic mass is 32.1. The van der Waals surface area contributed by atoms with Crippen molar-refractivity contribution < 1.29 is 14.6 Å². The summed E-state index contributed by atoms with van der Waals surface area (Å²) >= 11 is 1.38. The van der Waals surface area contributed by atoms with E-state index in [4.69, 9.17) is 20.4 Å². The van der Waals surface area contributed by atoms with E-state index in [1.807, 2.05) is 34.5 Å². The van der Waals surface area contributed by atoms with Crippen LogP contribution in [0.1, 0.15) is 66.6 Å². The molecule has 1 atom stereocenters. The van der Waals surface area contributed by atoms with Crippen molar-refractivity contribution in [2.75, 3.05) is 25.1 Å². The van der Waals surface area contributed by atoms with E-state index in [0.29, 0.717) is 48.4 Å². The quantitative estimate of drug-likeness (QED) is 0.256. The molecule has 1 amide bonds. The third kappa shape index (κ3) is 6.39. The molecule has 0 saturated carbocycles. The number of amides is 1. The minimum Gasteiger partial charge on any atom is -0.497 e. The topological polar surface area (TPSA) is 167 Å². The number of thiazole rings is 1. The Hall–Kier alpha value is -4.95. The Labute approximate surface area is 269 Å².